The van der Waals surface area contributed by atoms with E-state index in [9.17, 15) is 0 Å². The second-order valence-corrected chi connectivity index (χ2v) is 7.87. The van der Waals surface area contributed by atoms with E-state index in [4.69, 9.17) is 9.72 Å². The van der Waals surface area contributed by atoms with Crippen LogP contribution in [-0.2, 0) is 6.54 Å². The Morgan fingerprint density at radius 1 is 0.897 bits per heavy atom. The second kappa shape index (κ2) is 9.03. The summed E-state index contributed by atoms with van der Waals surface area (Å²) in [7, 11) is 1.68. The highest BCUT2D eigenvalue weighted by Crippen LogP contribution is 2.27. The first-order valence-electron chi connectivity index (χ1n) is 9.66. The van der Waals surface area contributed by atoms with Crippen LogP contribution in [-0.4, -0.2) is 12.1 Å². The molecule has 29 heavy (non-hydrogen) atoms. The third-order valence-electron chi connectivity index (χ3n) is 4.92. The number of thiazole rings is 1. The molecule has 0 radical (unpaired) electrons. The topological polar surface area (TPSA) is 34.1 Å². The highest BCUT2D eigenvalue weighted by atomic mass is 32.1. The number of aromatic nitrogens is 1. The normalized spacial score (nSPS) is 11.9. The SMILES string of the molecule is COc1ccc(-c2nc(CN[C@H](c3ccccc3)c3ccc(C)cc3)cs2)cc1. The van der Waals surface area contributed by atoms with Crippen molar-refractivity contribution in [1.82, 2.24) is 10.3 Å². The third kappa shape index (κ3) is 4.73. The molecule has 0 unspecified atom stereocenters. The van der Waals surface area contributed by atoms with Gasteiger partial charge >= 0.3 is 0 Å². The number of hydrogen-bond acceptors (Lipinski definition) is 4. The lowest BCUT2D eigenvalue weighted by molar-refractivity contribution is 0.415. The number of hydrogen-bond donors (Lipinski definition) is 1. The number of nitrogens with zero attached hydrogens (tertiary/aromatic N) is 1. The molecule has 1 N–H and O–H groups in total. The van der Waals surface area contributed by atoms with Crippen molar-refractivity contribution >= 4 is 11.3 Å². The van der Waals surface area contributed by atoms with Gasteiger partial charge in [0.15, 0.2) is 0 Å². The molecule has 0 aliphatic carbocycles. The fourth-order valence-electron chi connectivity index (χ4n) is 3.29. The number of ether oxygens (including phenoxy) is 1. The molecule has 1 aromatic heterocycles. The molecule has 0 amide bonds. The molecule has 0 bridgehead atoms. The van der Waals surface area contributed by atoms with Gasteiger partial charge in [-0.05, 0) is 42.3 Å². The summed E-state index contributed by atoms with van der Waals surface area (Å²) in [4.78, 5) is 4.82. The Labute approximate surface area is 176 Å². The summed E-state index contributed by atoms with van der Waals surface area (Å²) in [5, 5.41) is 6.85. The average Bonchev–Trinajstić information content (AvgIpc) is 3.25. The Bertz CT molecular complexity index is 1040. The second-order valence-electron chi connectivity index (χ2n) is 7.01. The van der Waals surface area contributed by atoms with E-state index >= 15 is 0 Å². The van der Waals surface area contributed by atoms with Crippen molar-refractivity contribution in [3.8, 4) is 16.3 Å². The van der Waals surface area contributed by atoms with Crippen LogP contribution in [0.2, 0.25) is 0 Å². The van der Waals surface area contributed by atoms with Gasteiger partial charge in [0.1, 0.15) is 10.8 Å². The van der Waals surface area contributed by atoms with Crippen LogP contribution >= 0.6 is 11.3 Å². The number of benzene rings is 3. The molecule has 0 aliphatic rings. The Morgan fingerprint density at radius 3 is 2.28 bits per heavy atom. The van der Waals surface area contributed by atoms with E-state index in [0.29, 0.717) is 6.54 Å². The molecular weight excluding hydrogens is 376 g/mol. The maximum atomic E-state index is 5.24. The first-order chi connectivity index (χ1) is 14.2. The number of nitrogens with one attached hydrogen (secondary N) is 1. The monoisotopic (exact) mass is 400 g/mol. The summed E-state index contributed by atoms with van der Waals surface area (Å²) in [5.41, 5.74) is 5.94. The fraction of sp³-hybridized carbons (Fsp3) is 0.160. The summed E-state index contributed by atoms with van der Waals surface area (Å²) in [6.07, 6.45) is 0. The summed E-state index contributed by atoms with van der Waals surface area (Å²) in [6.45, 7) is 2.82. The van der Waals surface area contributed by atoms with Gasteiger partial charge in [-0.1, -0.05) is 60.2 Å². The molecule has 0 fully saturated rings. The van der Waals surface area contributed by atoms with Crippen LogP contribution in [0.4, 0.5) is 0 Å². The van der Waals surface area contributed by atoms with E-state index in [1.54, 1.807) is 18.4 Å². The minimum absolute atomic E-state index is 0.128. The molecule has 0 saturated carbocycles. The van der Waals surface area contributed by atoms with Gasteiger partial charge in [0.05, 0.1) is 18.8 Å². The van der Waals surface area contributed by atoms with Gasteiger partial charge in [0, 0.05) is 17.5 Å². The molecule has 3 aromatic carbocycles. The van der Waals surface area contributed by atoms with Crippen molar-refractivity contribution in [2.45, 2.75) is 19.5 Å². The molecule has 3 nitrogen and oxygen atoms in total. The average molecular weight is 401 g/mol. The smallest absolute Gasteiger partial charge is 0.123 e. The predicted octanol–water partition coefficient (Wildman–Crippen LogP) is 6.01. The van der Waals surface area contributed by atoms with Crippen LogP contribution in [0.3, 0.4) is 0 Å². The largest absolute Gasteiger partial charge is 0.497 e. The Balaban J connectivity index is 1.52. The van der Waals surface area contributed by atoms with E-state index < -0.39 is 0 Å². The van der Waals surface area contributed by atoms with Crippen molar-refractivity contribution in [2.24, 2.45) is 0 Å². The number of aryl methyl sites for hydroxylation is 1. The fourth-order valence-corrected chi connectivity index (χ4v) is 4.12. The number of rotatable bonds is 7. The van der Waals surface area contributed by atoms with Crippen molar-refractivity contribution in [1.29, 1.82) is 0 Å². The van der Waals surface area contributed by atoms with E-state index in [0.717, 1.165) is 22.0 Å². The van der Waals surface area contributed by atoms with Crippen LogP contribution in [0.1, 0.15) is 28.4 Å². The zero-order chi connectivity index (χ0) is 20.1. The van der Waals surface area contributed by atoms with Gasteiger partial charge in [-0.3, -0.25) is 0 Å². The molecule has 146 valence electrons. The highest BCUT2D eigenvalue weighted by molar-refractivity contribution is 7.13. The quantitative estimate of drug-likeness (QED) is 0.413. The molecular formula is C25H24N2OS. The molecule has 4 heteroatoms. The van der Waals surface area contributed by atoms with Crippen molar-refractivity contribution in [3.63, 3.8) is 0 Å². The van der Waals surface area contributed by atoms with Crippen LogP contribution in [0.5, 0.6) is 5.75 Å². The van der Waals surface area contributed by atoms with Crippen molar-refractivity contribution in [2.75, 3.05) is 7.11 Å². The first kappa shape index (κ1) is 19.4. The van der Waals surface area contributed by atoms with Gasteiger partial charge in [-0.15, -0.1) is 11.3 Å². The van der Waals surface area contributed by atoms with Crippen LogP contribution in [0.15, 0.2) is 84.2 Å². The van der Waals surface area contributed by atoms with Crippen molar-refractivity contribution < 1.29 is 4.74 Å². The van der Waals surface area contributed by atoms with Crippen molar-refractivity contribution in [3.05, 3.63) is 107 Å². The van der Waals surface area contributed by atoms with Gasteiger partial charge in [0.25, 0.3) is 0 Å². The van der Waals surface area contributed by atoms with Gasteiger partial charge in [-0.25, -0.2) is 4.98 Å². The van der Waals surface area contributed by atoms with Crippen LogP contribution in [0, 0.1) is 6.92 Å². The van der Waals surface area contributed by atoms with E-state index in [2.05, 4.69) is 72.2 Å². The predicted molar refractivity (Wildman–Crippen MR) is 120 cm³/mol. The maximum Gasteiger partial charge on any atom is 0.123 e. The lowest BCUT2D eigenvalue weighted by Crippen LogP contribution is -2.22. The Hall–Kier alpha value is -2.95. The summed E-state index contributed by atoms with van der Waals surface area (Å²) in [6, 6.07) is 27.5. The zero-order valence-electron chi connectivity index (χ0n) is 16.6. The molecule has 0 saturated heterocycles. The van der Waals surface area contributed by atoms with E-state index in [1.807, 2.05) is 24.3 Å². The summed E-state index contributed by atoms with van der Waals surface area (Å²) in [5.74, 6) is 0.857. The standard InChI is InChI=1S/C25H24N2OS/c1-18-8-10-20(11-9-18)24(19-6-4-3-5-7-19)26-16-22-17-29-25(27-22)21-12-14-23(28-2)15-13-21/h3-15,17,24,26H,16H2,1-2H3/t24-/m1/s1. The zero-order valence-corrected chi connectivity index (χ0v) is 17.4. The summed E-state index contributed by atoms with van der Waals surface area (Å²) >= 11 is 1.67. The molecule has 4 aromatic rings. The minimum atomic E-state index is 0.128. The van der Waals surface area contributed by atoms with Crippen LogP contribution in [0.25, 0.3) is 10.6 Å². The maximum absolute atomic E-state index is 5.24. The lowest BCUT2D eigenvalue weighted by atomic mass is 9.98. The van der Waals surface area contributed by atoms with Gasteiger partial charge in [-0.2, -0.15) is 0 Å². The molecule has 1 heterocycles. The third-order valence-corrected chi connectivity index (χ3v) is 5.86. The molecule has 0 aliphatic heterocycles. The van der Waals surface area contributed by atoms with E-state index in [-0.39, 0.29) is 6.04 Å². The van der Waals surface area contributed by atoms with Gasteiger partial charge < -0.3 is 10.1 Å². The lowest BCUT2D eigenvalue weighted by Gasteiger charge is -2.19. The van der Waals surface area contributed by atoms with Crippen LogP contribution < -0.4 is 10.1 Å². The summed E-state index contributed by atoms with van der Waals surface area (Å²) < 4.78 is 5.24. The molecule has 1 atom stereocenters. The molecule has 0 spiro atoms. The first-order valence-corrected chi connectivity index (χ1v) is 10.5. The van der Waals surface area contributed by atoms with Gasteiger partial charge in [0.2, 0.25) is 0 Å². The molecule has 4 rings (SSSR count). The minimum Gasteiger partial charge on any atom is -0.497 e. The van der Waals surface area contributed by atoms with E-state index in [1.165, 1.54) is 16.7 Å². The highest BCUT2D eigenvalue weighted by Gasteiger charge is 2.14. The Morgan fingerprint density at radius 2 is 1.59 bits per heavy atom. The number of methoxy groups -OCH3 is 1. The Kier molecular flexibility index (Phi) is 6.03.